The Morgan fingerprint density at radius 2 is 1.72 bits per heavy atom. The number of nitrogens with zero attached hydrogens (tertiary/aromatic N) is 5. The van der Waals surface area contributed by atoms with E-state index in [4.69, 9.17) is 10.7 Å². The van der Waals surface area contributed by atoms with E-state index in [0.717, 1.165) is 53.8 Å². The van der Waals surface area contributed by atoms with Gasteiger partial charge in [0.25, 0.3) is 5.56 Å². The number of aromatic nitrogens is 4. The van der Waals surface area contributed by atoms with Crippen molar-refractivity contribution in [3.05, 3.63) is 100 Å². The molecule has 0 amide bonds. The Bertz CT molecular complexity index is 1560. The Balaban J connectivity index is 0.00000267. The molecule has 6 rings (SSSR count). The van der Waals surface area contributed by atoms with Gasteiger partial charge in [0.2, 0.25) is 5.95 Å². The van der Waals surface area contributed by atoms with Gasteiger partial charge in [0, 0.05) is 19.1 Å². The zero-order valence-electron chi connectivity index (χ0n) is 20.0. The fraction of sp³-hybridized carbons (Fsp3) is 0.250. The Kier molecular flexibility index (Phi) is 6.76. The molecule has 0 aliphatic carbocycles. The lowest BCUT2D eigenvalue weighted by Gasteiger charge is -2.32. The Morgan fingerprint density at radius 1 is 0.944 bits per heavy atom. The average Bonchev–Trinajstić information content (AvgIpc) is 3.25. The highest BCUT2D eigenvalue weighted by Crippen LogP contribution is 2.25. The number of halogens is 1. The first-order valence-electron chi connectivity index (χ1n) is 12.1. The molecule has 0 saturated carbocycles. The second-order valence-electron chi connectivity index (χ2n) is 9.31. The van der Waals surface area contributed by atoms with Gasteiger partial charge in [-0.2, -0.15) is 5.10 Å². The molecular weight excluding hydrogens is 472 g/mol. The van der Waals surface area contributed by atoms with E-state index in [0.29, 0.717) is 24.1 Å². The van der Waals surface area contributed by atoms with E-state index in [9.17, 15) is 4.79 Å². The minimum Gasteiger partial charge on any atom is -0.341 e. The quantitative estimate of drug-likeness (QED) is 0.391. The van der Waals surface area contributed by atoms with E-state index < -0.39 is 0 Å². The SMILES string of the molecule is Cl.NC1CCCN(c2nc3cnn(Cc4cccc5ccccc45)c(=O)c3n2Cc2ccccc2)C1. The van der Waals surface area contributed by atoms with Gasteiger partial charge in [0.05, 0.1) is 19.3 Å². The Morgan fingerprint density at radius 3 is 2.56 bits per heavy atom. The summed E-state index contributed by atoms with van der Waals surface area (Å²) in [5.74, 6) is 0.792. The van der Waals surface area contributed by atoms with Crippen LogP contribution in [0.5, 0.6) is 0 Å². The lowest BCUT2D eigenvalue weighted by atomic mass is 10.0. The van der Waals surface area contributed by atoms with Crippen LogP contribution in [-0.2, 0) is 13.1 Å². The van der Waals surface area contributed by atoms with Gasteiger partial charge >= 0.3 is 0 Å². The molecule has 0 bridgehead atoms. The third-order valence-electron chi connectivity index (χ3n) is 6.86. The number of benzene rings is 3. The molecule has 8 heteroatoms. The van der Waals surface area contributed by atoms with E-state index in [1.54, 1.807) is 10.9 Å². The molecule has 1 saturated heterocycles. The van der Waals surface area contributed by atoms with Gasteiger partial charge in [-0.3, -0.25) is 4.79 Å². The highest BCUT2D eigenvalue weighted by atomic mass is 35.5. The summed E-state index contributed by atoms with van der Waals surface area (Å²) in [4.78, 5) is 20.9. The molecule has 0 spiro atoms. The summed E-state index contributed by atoms with van der Waals surface area (Å²) < 4.78 is 3.60. The molecule has 0 radical (unpaired) electrons. The van der Waals surface area contributed by atoms with Crippen LogP contribution in [0.25, 0.3) is 21.8 Å². The molecular formula is C28H29ClN6O. The summed E-state index contributed by atoms with van der Waals surface area (Å²) in [5.41, 5.74) is 9.54. The van der Waals surface area contributed by atoms with Crippen LogP contribution in [0.2, 0.25) is 0 Å². The number of nitrogens with two attached hydrogens (primary N) is 1. The summed E-state index contributed by atoms with van der Waals surface area (Å²) >= 11 is 0. The largest absolute Gasteiger partial charge is 0.341 e. The van der Waals surface area contributed by atoms with Crippen LogP contribution in [-0.4, -0.2) is 38.5 Å². The smallest absolute Gasteiger partial charge is 0.293 e. The van der Waals surface area contributed by atoms with Gasteiger partial charge in [0.1, 0.15) is 11.0 Å². The molecule has 3 heterocycles. The molecule has 1 fully saturated rings. The molecule has 1 atom stereocenters. The minimum absolute atomic E-state index is 0. The van der Waals surface area contributed by atoms with Crippen molar-refractivity contribution >= 4 is 40.2 Å². The van der Waals surface area contributed by atoms with Gasteiger partial charge in [-0.15, -0.1) is 12.4 Å². The van der Waals surface area contributed by atoms with Gasteiger partial charge in [-0.25, -0.2) is 9.67 Å². The van der Waals surface area contributed by atoms with Crippen LogP contribution in [0.1, 0.15) is 24.0 Å². The second kappa shape index (κ2) is 10.1. The maximum Gasteiger partial charge on any atom is 0.293 e. The van der Waals surface area contributed by atoms with Gasteiger partial charge in [0.15, 0.2) is 0 Å². The average molecular weight is 501 g/mol. The van der Waals surface area contributed by atoms with Crippen LogP contribution < -0.4 is 16.2 Å². The second-order valence-corrected chi connectivity index (χ2v) is 9.31. The van der Waals surface area contributed by atoms with Crippen LogP contribution in [0.3, 0.4) is 0 Å². The first kappa shape index (κ1) is 24.0. The summed E-state index contributed by atoms with van der Waals surface area (Å²) in [6.07, 6.45) is 3.74. The molecule has 5 aromatic rings. The van der Waals surface area contributed by atoms with Gasteiger partial charge < -0.3 is 15.2 Å². The normalized spacial score (nSPS) is 15.8. The number of piperidine rings is 1. The molecule has 2 N–H and O–H groups in total. The molecule has 3 aromatic carbocycles. The highest BCUT2D eigenvalue weighted by Gasteiger charge is 2.24. The lowest BCUT2D eigenvalue weighted by molar-refractivity contribution is 0.495. The third-order valence-corrected chi connectivity index (χ3v) is 6.86. The molecule has 1 aliphatic heterocycles. The fourth-order valence-corrected chi connectivity index (χ4v) is 5.13. The predicted octanol–water partition coefficient (Wildman–Crippen LogP) is 4.19. The maximum atomic E-state index is 13.8. The summed E-state index contributed by atoms with van der Waals surface area (Å²) in [6, 6.07) is 24.7. The van der Waals surface area contributed by atoms with Crippen LogP contribution in [0, 0.1) is 0 Å². The highest BCUT2D eigenvalue weighted by molar-refractivity contribution is 5.86. The monoisotopic (exact) mass is 500 g/mol. The third kappa shape index (κ3) is 4.47. The zero-order chi connectivity index (χ0) is 23.8. The van der Waals surface area contributed by atoms with E-state index in [1.165, 1.54) is 0 Å². The number of anilines is 1. The lowest BCUT2D eigenvalue weighted by Crippen LogP contribution is -2.44. The first-order valence-corrected chi connectivity index (χ1v) is 12.1. The van der Waals surface area contributed by atoms with E-state index in [-0.39, 0.29) is 24.0 Å². The van der Waals surface area contributed by atoms with Gasteiger partial charge in [-0.05, 0) is 34.7 Å². The van der Waals surface area contributed by atoms with Crippen molar-refractivity contribution in [2.24, 2.45) is 5.73 Å². The minimum atomic E-state index is -0.133. The topological polar surface area (TPSA) is 82.0 Å². The van der Waals surface area contributed by atoms with E-state index in [2.05, 4.69) is 46.4 Å². The van der Waals surface area contributed by atoms with Crippen LogP contribution >= 0.6 is 12.4 Å². The summed E-state index contributed by atoms with van der Waals surface area (Å²) in [6.45, 7) is 2.57. The Hall–Kier alpha value is -3.68. The molecule has 184 valence electrons. The molecule has 1 unspecified atom stereocenters. The first-order chi connectivity index (χ1) is 17.2. The van der Waals surface area contributed by atoms with Crippen molar-refractivity contribution in [1.82, 2.24) is 19.3 Å². The van der Waals surface area contributed by atoms with Crippen LogP contribution in [0.15, 0.2) is 83.8 Å². The Labute approximate surface area is 215 Å². The van der Waals surface area contributed by atoms with Crippen molar-refractivity contribution in [3.8, 4) is 0 Å². The molecule has 36 heavy (non-hydrogen) atoms. The molecule has 2 aromatic heterocycles. The zero-order valence-corrected chi connectivity index (χ0v) is 20.8. The number of hydrogen-bond acceptors (Lipinski definition) is 5. The molecule has 7 nitrogen and oxygen atoms in total. The van der Waals surface area contributed by atoms with Crippen molar-refractivity contribution in [1.29, 1.82) is 0 Å². The standard InChI is InChI=1S/C28H28N6O.ClH/c29-23-13-7-15-32(19-23)28-31-25-16-30-34(18-22-12-6-11-21-10-4-5-14-24(21)22)27(35)26(25)33(28)17-20-8-2-1-3-9-20;/h1-6,8-12,14,16,23H,7,13,15,17-19,29H2;1H. The van der Waals surface area contributed by atoms with E-state index in [1.807, 2.05) is 41.0 Å². The predicted molar refractivity (Wildman–Crippen MR) is 147 cm³/mol. The maximum absolute atomic E-state index is 13.8. The summed E-state index contributed by atoms with van der Waals surface area (Å²) in [7, 11) is 0. The number of hydrogen-bond donors (Lipinski definition) is 1. The number of rotatable bonds is 5. The van der Waals surface area contributed by atoms with Crippen molar-refractivity contribution in [3.63, 3.8) is 0 Å². The van der Waals surface area contributed by atoms with Crippen molar-refractivity contribution in [2.75, 3.05) is 18.0 Å². The van der Waals surface area contributed by atoms with Crippen molar-refractivity contribution < 1.29 is 0 Å². The fourth-order valence-electron chi connectivity index (χ4n) is 5.13. The van der Waals surface area contributed by atoms with Crippen LogP contribution in [0.4, 0.5) is 5.95 Å². The number of imidazole rings is 1. The van der Waals surface area contributed by atoms with Gasteiger partial charge in [-0.1, -0.05) is 72.8 Å². The number of fused-ring (bicyclic) bond motifs is 2. The summed E-state index contributed by atoms with van der Waals surface area (Å²) in [5, 5.41) is 6.79. The van der Waals surface area contributed by atoms with E-state index >= 15 is 0 Å². The molecule has 1 aliphatic rings. The van der Waals surface area contributed by atoms with Crippen molar-refractivity contribution in [2.45, 2.75) is 32.0 Å².